The van der Waals surface area contributed by atoms with Crippen LogP contribution >= 0.6 is 11.6 Å². The fraction of sp³-hybridized carbons (Fsp3) is 0.0769. The van der Waals surface area contributed by atoms with Gasteiger partial charge in [-0.3, -0.25) is 14.3 Å². The third-order valence-electron chi connectivity index (χ3n) is 6.18. The highest BCUT2D eigenvalue weighted by Gasteiger charge is 2.21. The molecule has 6 aromatic rings. The average molecular weight is 556 g/mol. The molecule has 14 heteroatoms. The van der Waals surface area contributed by atoms with E-state index >= 15 is 4.39 Å². The van der Waals surface area contributed by atoms with Gasteiger partial charge in [0.05, 0.1) is 41.5 Å². The number of hydrogen-bond acceptors (Lipinski definition) is 8. The SMILES string of the molecule is N#Cc1cc(-c2cnn([C@H](Cn3cc(F)cn3)c3ccc(-c4c(-n5cnnn5)ccc(Cl)c4F)cn3)c2)ccn1. The van der Waals surface area contributed by atoms with Crippen LogP contribution in [0, 0.1) is 23.0 Å². The lowest BCUT2D eigenvalue weighted by Crippen LogP contribution is -2.19. The largest absolute Gasteiger partial charge is 0.267 e. The van der Waals surface area contributed by atoms with Gasteiger partial charge >= 0.3 is 0 Å². The Labute approximate surface area is 229 Å². The van der Waals surface area contributed by atoms with E-state index in [4.69, 9.17) is 11.6 Å². The summed E-state index contributed by atoms with van der Waals surface area (Å²) in [5.74, 6) is -1.12. The monoisotopic (exact) mass is 555 g/mol. The highest BCUT2D eigenvalue weighted by molar-refractivity contribution is 6.31. The summed E-state index contributed by atoms with van der Waals surface area (Å²) in [6.45, 7) is 0.207. The lowest BCUT2D eigenvalue weighted by Gasteiger charge is -2.18. The molecule has 0 aliphatic heterocycles. The van der Waals surface area contributed by atoms with Crippen molar-refractivity contribution in [1.82, 2.24) is 49.7 Å². The minimum absolute atomic E-state index is 0.0609. The molecule has 5 heterocycles. The summed E-state index contributed by atoms with van der Waals surface area (Å²) in [5, 5.41) is 28.8. The number of halogens is 3. The van der Waals surface area contributed by atoms with E-state index in [9.17, 15) is 9.65 Å². The van der Waals surface area contributed by atoms with Crippen molar-refractivity contribution in [3.63, 3.8) is 0 Å². The average Bonchev–Trinajstić information content (AvgIpc) is 3.76. The number of hydrogen-bond donors (Lipinski definition) is 0. The van der Waals surface area contributed by atoms with E-state index in [0.717, 1.165) is 17.3 Å². The summed E-state index contributed by atoms with van der Waals surface area (Å²) in [6, 6.07) is 11.4. The van der Waals surface area contributed by atoms with Gasteiger partial charge < -0.3 is 0 Å². The minimum Gasteiger partial charge on any atom is -0.267 e. The predicted octanol–water partition coefficient (Wildman–Crippen LogP) is 4.27. The molecule has 0 radical (unpaired) electrons. The molecule has 0 unspecified atom stereocenters. The molecule has 0 N–H and O–H groups in total. The summed E-state index contributed by atoms with van der Waals surface area (Å²) < 4.78 is 33.4. The van der Waals surface area contributed by atoms with Gasteiger partial charge in [-0.2, -0.15) is 20.1 Å². The molecule has 40 heavy (non-hydrogen) atoms. The number of pyridine rings is 2. The standard InChI is InChI=1S/C26H16ClF2N11/c27-21-2-4-23(40-15-33-36-37-40)25(26(21)29)17-1-3-22(32-9-17)24(14-38-13-19(28)11-34-38)39-12-18(10-35-39)16-5-6-31-20(7-16)8-30/h1-7,9-13,15,24H,14H2/t24-/m1/s1. The number of tetrazole rings is 1. The Balaban J connectivity index is 1.39. The molecule has 0 amide bonds. The summed E-state index contributed by atoms with van der Waals surface area (Å²) >= 11 is 6.09. The van der Waals surface area contributed by atoms with Gasteiger partial charge in [-0.25, -0.2) is 13.8 Å². The van der Waals surface area contributed by atoms with Crippen molar-refractivity contribution in [1.29, 1.82) is 5.26 Å². The lowest BCUT2D eigenvalue weighted by atomic mass is 10.0. The van der Waals surface area contributed by atoms with E-state index in [1.165, 1.54) is 34.2 Å². The molecule has 1 aromatic carbocycles. The van der Waals surface area contributed by atoms with Crippen molar-refractivity contribution in [3.8, 4) is 34.0 Å². The normalized spacial score (nSPS) is 11.8. The molecule has 0 saturated heterocycles. The van der Waals surface area contributed by atoms with Crippen molar-refractivity contribution >= 4 is 11.6 Å². The van der Waals surface area contributed by atoms with E-state index in [1.807, 2.05) is 6.07 Å². The fourth-order valence-electron chi connectivity index (χ4n) is 4.28. The van der Waals surface area contributed by atoms with E-state index in [-0.39, 0.29) is 22.8 Å². The minimum atomic E-state index is -0.640. The van der Waals surface area contributed by atoms with Crippen molar-refractivity contribution in [3.05, 3.63) is 108 Å². The Hall–Kier alpha value is -5.35. The van der Waals surface area contributed by atoms with E-state index < -0.39 is 17.7 Å². The fourth-order valence-corrected chi connectivity index (χ4v) is 4.44. The molecule has 5 aromatic heterocycles. The molecule has 0 aliphatic carbocycles. The van der Waals surface area contributed by atoms with Crippen LogP contribution in [0.1, 0.15) is 17.4 Å². The third-order valence-corrected chi connectivity index (χ3v) is 6.47. The van der Waals surface area contributed by atoms with Crippen LogP contribution < -0.4 is 0 Å². The van der Waals surface area contributed by atoms with Crippen LogP contribution in [0.3, 0.4) is 0 Å². The molecule has 0 spiro atoms. The third kappa shape index (κ3) is 4.79. The van der Waals surface area contributed by atoms with Crippen molar-refractivity contribution in [2.45, 2.75) is 12.6 Å². The quantitative estimate of drug-likeness (QED) is 0.285. The zero-order chi connectivity index (χ0) is 27.6. The number of nitriles is 1. The zero-order valence-corrected chi connectivity index (χ0v) is 21.1. The highest BCUT2D eigenvalue weighted by atomic mass is 35.5. The maximum atomic E-state index is 15.2. The highest BCUT2D eigenvalue weighted by Crippen LogP contribution is 2.34. The van der Waals surface area contributed by atoms with Crippen LogP contribution in [0.4, 0.5) is 8.78 Å². The van der Waals surface area contributed by atoms with Gasteiger partial charge in [0.2, 0.25) is 0 Å². The van der Waals surface area contributed by atoms with Crippen molar-refractivity contribution < 1.29 is 8.78 Å². The molecule has 0 saturated carbocycles. The predicted molar refractivity (Wildman–Crippen MR) is 138 cm³/mol. The van der Waals surface area contributed by atoms with Crippen LogP contribution in [0.15, 0.2) is 79.9 Å². The molecular weight excluding hydrogens is 540 g/mol. The number of benzene rings is 1. The van der Waals surface area contributed by atoms with Gasteiger partial charge in [0.1, 0.15) is 24.1 Å². The Morgan fingerprint density at radius 1 is 0.950 bits per heavy atom. The first-order valence-corrected chi connectivity index (χ1v) is 12.1. The van der Waals surface area contributed by atoms with Crippen LogP contribution in [-0.2, 0) is 6.54 Å². The second-order valence-corrected chi connectivity index (χ2v) is 9.04. The smallest absolute Gasteiger partial charge is 0.161 e. The van der Waals surface area contributed by atoms with E-state index in [1.54, 1.807) is 53.6 Å². The Morgan fingerprint density at radius 2 is 1.85 bits per heavy atom. The number of aromatic nitrogens is 10. The van der Waals surface area contributed by atoms with Gasteiger partial charge in [0.15, 0.2) is 11.6 Å². The Morgan fingerprint density at radius 3 is 2.58 bits per heavy atom. The molecule has 11 nitrogen and oxygen atoms in total. The summed E-state index contributed by atoms with van der Waals surface area (Å²) in [7, 11) is 0. The first kappa shape index (κ1) is 25.0. The van der Waals surface area contributed by atoms with Crippen molar-refractivity contribution in [2.75, 3.05) is 0 Å². The second kappa shape index (κ2) is 10.4. The first-order chi connectivity index (χ1) is 19.5. The second-order valence-electron chi connectivity index (χ2n) is 8.63. The Bertz CT molecular complexity index is 1840. The van der Waals surface area contributed by atoms with Gasteiger partial charge in [-0.05, 0) is 46.3 Å². The van der Waals surface area contributed by atoms with Gasteiger partial charge in [0.25, 0.3) is 0 Å². The maximum absolute atomic E-state index is 15.2. The van der Waals surface area contributed by atoms with Crippen molar-refractivity contribution in [2.24, 2.45) is 0 Å². The van der Waals surface area contributed by atoms with Crippen LogP contribution in [0.25, 0.3) is 27.9 Å². The summed E-state index contributed by atoms with van der Waals surface area (Å²) in [4.78, 5) is 8.62. The first-order valence-electron chi connectivity index (χ1n) is 11.8. The number of rotatable bonds is 7. The van der Waals surface area contributed by atoms with Crippen LogP contribution in [-0.4, -0.2) is 49.7 Å². The van der Waals surface area contributed by atoms with Crippen LogP contribution in [0.5, 0.6) is 0 Å². The molecule has 1 atom stereocenters. The number of nitrogens with zero attached hydrogens (tertiary/aromatic N) is 11. The Kier molecular flexibility index (Phi) is 6.51. The summed E-state index contributed by atoms with van der Waals surface area (Å²) in [6.07, 6.45) is 10.3. The molecule has 0 aliphatic rings. The van der Waals surface area contributed by atoms with Gasteiger partial charge in [-0.15, -0.1) is 5.10 Å². The lowest BCUT2D eigenvalue weighted by molar-refractivity contribution is 0.421. The van der Waals surface area contributed by atoms with Crippen LogP contribution in [0.2, 0.25) is 5.02 Å². The topological polar surface area (TPSA) is 129 Å². The maximum Gasteiger partial charge on any atom is 0.161 e. The molecule has 196 valence electrons. The van der Waals surface area contributed by atoms with Gasteiger partial charge in [0, 0.05) is 35.3 Å². The molecule has 6 rings (SSSR count). The molecular formula is C26H16ClF2N11. The molecule has 0 fully saturated rings. The summed E-state index contributed by atoms with van der Waals surface area (Å²) in [5.41, 5.74) is 3.36. The molecule has 0 bridgehead atoms. The van der Waals surface area contributed by atoms with E-state index in [0.29, 0.717) is 16.9 Å². The van der Waals surface area contributed by atoms with E-state index in [2.05, 4.69) is 35.7 Å². The van der Waals surface area contributed by atoms with Gasteiger partial charge in [-0.1, -0.05) is 17.7 Å². The zero-order valence-electron chi connectivity index (χ0n) is 20.3.